The SMILES string of the molecule is CC#CCn1c(N2CCCC(C)C2)nc2c1c(=O)n(Cc1ncccc1C#N)c(=O)n2C. The van der Waals surface area contributed by atoms with E-state index in [0.717, 1.165) is 30.5 Å². The molecule has 0 saturated carbocycles. The molecule has 3 aromatic heterocycles. The fourth-order valence-corrected chi connectivity index (χ4v) is 4.24. The van der Waals surface area contributed by atoms with Gasteiger partial charge in [-0.2, -0.15) is 10.2 Å². The summed E-state index contributed by atoms with van der Waals surface area (Å²) in [7, 11) is 1.61. The highest BCUT2D eigenvalue weighted by Crippen LogP contribution is 2.25. The number of hydrogen-bond acceptors (Lipinski definition) is 6. The van der Waals surface area contributed by atoms with Crippen molar-refractivity contribution < 1.29 is 0 Å². The first kappa shape index (κ1) is 21.4. The molecule has 164 valence electrons. The lowest BCUT2D eigenvalue weighted by Crippen LogP contribution is -2.40. The number of piperidine rings is 1. The van der Waals surface area contributed by atoms with E-state index in [1.807, 2.05) is 4.57 Å². The number of fused-ring (bicyclic) bond motifs is 1. The Morgan fingerprint density at radius 3 is 2.81 bits per heavy atom. The molecule has 4 heterocycles. The van der Waals surface area contributed by atoms with E-state index in [4.69, 9.17) is 4.98 Å². The second-order valence-electron chi connectivity index (χ2n) is 8.13. The predicted octanol–water partition coefficient (Wildman–Crippen LogP) is 1.47. The van der Waals surface area contributed by atoms with E-state index in [2.05, 4.69) is 34.7 Å². The van der Waals surface area contributed by atoms with Crippen molar-refractivity contribution in [3.8, 4) is 17.9 Å². The van der Waals surface area contributed by atoms with Crippen LogP contribution >= 0.6 is 0 Å². The first-order valence-corrected chi connectivity index (χ1v) is 10.6. The van der Waals surface area contributed by atoms with Crippen molar-refractivity contribution in [3.05, 3.63) is 50.4 Å². The van der Waals surface area contributed by atoms with E-state index in [9.17, 15) is 14.9 Å². The Labute approximate surface area is 185 Å². The van der Waals surface area contributed by atoms with Gasteiger partial charge in [-0.15, -0.1) is 5.92 Å². The van der Waals surface area contributed by atoms with Gasteiger partial charge in [0.25, 0.3) is 5.56 Å². The summed E-state index contributed by atoms with van der Waals surface area (Å²) in [5.41, 5.74) is 0.413. The zero-order valence-electron chi connectivity index (χ0n) is 18.5. The standard InChI is InChI=1S/C23H25N7O2/c1-4-5-12-29-19-20(26-22(29)28-11-7-8-16(2)14-28)27(3)23(32)30(21(19)31)15-18-17(13-24)9-6-10-25-18/h6,9-10,16H,7-8,11-12,14-15H2,1-3H3. The van der Waals surface area contributed by atoms with Crippen LogP contribution in [0.25, 0.3) is 11.2 Å². The lowest BCUT2D eigenvalue weighted by Gasteiger charge is -2.31. The highest BCUT2D eigenvalue weighted by Gasteiger charge is 2.26. The highest BCUT2D eigenvalue weighted by atomic mass is 16.2. The summed E-state index contributed by atoms with van der Waals surface area (Å²) in [6, 6.07) is 5.34. The molecule has 0 aromatic carbocycles. The Hall–Kier alpha value is -3.85. The number of anilines is 1. The molecule has 0 N–H and O–H groups in total. The summed E-state index contributed by atoms with van der Waals surface area (Å²) in [5, 5.41) is 9.38. The van der Waals surface area contributed by atoms with Crippen molar-refractivity contribution in [2.75, 3.05) is 18.0 Å². The molecule has 0 aliphatic carbocycles. The maximum atomic E-state index is 13.6. The van der Waals surface area contributed by atoms with E-state index in [1.54, 1.807) is 32.3 Å². The van der Waals surface area contributed by atoms with Crippen LogP contribution in [-0.4, -0.2) is 36.8 Å². The molecule has 1 atom stereocenters. The summed E-state index contributed by atoms with van der Waals surface area (Å²) >= 11 is 0. The Balaban J connectivity index is 1.94. The van der Waals surface area contributed by atoms with Crippen LogP contribution in [0.4, 0.5) is 5.95 Å². The monoisotopic (exact) mass is 431 g/mol. The van der Waals surface area contributed by atoms with Crippen molar-refractivity contribution in [2.24, 2.45) is 13.0 Å². The summed E-state index contributed by atoms with van der Waals surface area (Å²) in [4.78, 5) is 37.8. The number of imidazole rings is 1. The van der Waals surface area contributed by atoms with Crippen LogP contribution in [-0.2, 0) is 20.1 Å². The normalized spacial score (nSPS) is 15.9. The second kappa shape index (κ2) is 8.72. The third kappa shape index (κ3) is 3.67. The van der Waals surface area contributed by atoms with Crippen LogP contribution in [0.3, 0.4) is 0 Å². The molecule has 1 fully saturated rings. The smallest absolute Gasteiger partial charge is 0.332 e. The number of pyridine rings is 1. The van der Waals surface area contributed by atoms with Crippen LogP contribution in [0.5, 0.6) is 0 Å². The van der Waals surface area contributed by atoms with Gasteiger partial charge in [0.05, 0.1) is 24.3 Å². The Morgan fingerprint density at radius 2 is 2.09 bits per heavy atom. The minimum atomic E-state index is -0.498. The molecule has 1 aliphatic heterocycles. The average molecular weight is 432 g/mol. The molecule has 1 saturated heterocycles. The summed E-state index contributed by atoms with van der Waals surface area (Å²) < 4.78 is 4.32. The van der Waals surface area contributed by atoms with E-state index in [0.29, 0.717) is 40.8 Å². The minimum Gasteiger partial charge on any atom is -0.342 e. The molecule has 1 unspecified atom stereocenters. The van der Waals surface area contributed by atoms with E-state index in [-0.39, 0.29) is 6.54 Å². The number of rotatable bonds is 4. The van der Waals surface area contributed by atoms with Gasteiger partial charge >= 0.3 is 5.69 Å². The molecule has 0 radical (unpaired) electrons. The van der Waals surface area contributed by atoms with Gasteiger partial charge in [-0.25, -0.2) is 4.79 Å². The van der Waals surface area contributed by atoms with Crippen molar-refractivity contribution in [1.82, 2.24) is 23.7 Å². The Morgan fingerprint density at radius 1 is 1.28 bits per heavy atom. The maximum absolute atomic E-state index is 13.6. The predicted molar refractivity (Wildman–Crippen MR) is 121 cm³/mol. The second-order valence-corrected chi connectivity index (χ2v) is 8.13. The number of aryl methyl sites for hydroxylation is 1. The molecular formula is C23H25N7O2. The van der Waals surface area contributed by atoms with Crippen LogP contribution in [0.1, 0.15) is 37.9 Å². The third-order valence-corrected chi connectivity index (χ3v) is 5.88. The van der Waals surface area contributed by atoms with Gasteiger partial charge in [-0.05, 0) is 37.8 Å². The molecule has 9 heteroatoms. The molecule has 4 rings (SSSR count). The number of hydrogen-bond donors (Lipinski definition) is 0. The lowest BCUT2D eigenvalue weighted by atomic mass is 10.0. The first-order chi connectivity index (χ1) is 15.5. The highest BCUT2D eigenvalue weighted by molar-refractivity contribution is 5.75. The molecule has 9 nitrogen and oxygen atoms in total. The van der Waals surface area contributed by atoms with Crippen LogP contribution in [0, 0.1) is 29.1 Å². The fourth-order valence-electron chi connectivity index (χ4n) is 4.24. The number of aromatic nitrogens is 5. The maximum Gasteiger partial charge on any atom is 0.332 e. The van der Waals surface area contributed by atoms with Gasteiger partial charge in [0.2, 0.25) is 5.95 Å². The lowest BCUT2D eigenvalue weighted by molar-refractivity contribution is 0.439. The van der Waals surface area contributed by atoms with Crippen molar-refractivity contribution in [3.63, 3.8) is 0 Å². The number of nitrogens with zero attached hydrogens (tertiary/aromatic N) is 7. The van der Waals surface area contributed by atoms with Crippen molar-refractivity contribution in [2.45, 2.75) is 39.8 Å². The van der Waals surface area contributed by atoms with Crippen molar-refractivity contribution in [1.29, 1.82) is 5.26 Å². The molecule has 0 amide bonds. The first-order valence-electron chi connectivity index (χ1n) is 10.6. The third-order valence-electron chi connectivity index (χ3n) is 5.88. The van der Waals surface area contributed by atoms with E-state index < -0.39 is 11.2 Å². The number of nitriles is 1. The molecule has 3 aromatic rings. The summed E-state index contributed by atoms with van der Waals surface area (Å²) in [5.74, 6) is 7.10. The molecular weight excluding hydrogens is 406 g/mol. The van der Waals surface area contributed by atoms with Gasteiger partial charge in [0, 0.05) is 26.3 Å². The van der Waals surface area contributed by atoms with Gasteiger partial charge < -0.3 is 4.90 Å². The molecule has 0 bridgehead atoms. The fraction of sp³-hybridized carbons (Fsp3) is 0.435. The van der Waals surface area contributed by atoms with Gasteiger partial charge in [-0.1, -0.05) is 12.8 Å². The molecule has 1 aliphatic rings. The quantitative estimate of drug-likeness (QED) is 0.580. The van der Waals surface area contributed by atoms with Crippen molar-refractivity contribution >= 4 is 17.1 Å². The zero-order valence-corrected chi connectivity index (χ0v) is 18.5. The topological polar surface area (TPSA) is 102 Å². The van der Waals surface area contributed by atoms with E-state index >= 15 is 0 Å². The van der Waals surface area contributed by atoms with Gasteiger partial charge in [-0.3, -0.25) is 23.5 Å². The molecule has 0 spiro atoms. The van der Waals surface area contributed by atoms with Crippen LogP contribution < -0.4 is 16.1 Å². The van der Waals surface area contributed by atoms with E-state index in [1.165, 1.54) is 4.57 Å². The zero-order chi connectivity index (χ0) is 22.8. The van der Waals surface area contributed by atoms with Gasteiger partial charge in [0.15, 0.2) is 11.2 Å². The van der Waals surface area contributed by atoms with Crippen LogP contribution in [0.15, 0.2) is 27.9 Å². The summed E-state index contributed by atoms with van der Waals surface area (Å²) in [6.45, 7) is 5.84. The average Bonchev–Trinajstić information content (AvgIpc) is 3.19. The Kier molecular flexibility index (Phi) is 5.83. The molecule has 32 heavy (non-hydrogen) atoms. The van der Waals surface area contributed by atoms with Crippen LogP contribution in [0.2, 0.25) is 0 Å². The largest absolute Gasteiger partial charge is 0.342 e. The Bertz CT molecular complexity index is 1390. The minimum absolute atomic E-state index is 0.0914. The van der Waals surface area contributed by atoms with Gasteiger partial charge in [0.1, 0.15) is 6.07 Å². The summed E-state index contributed by atoms with van der Waals surface area (Å²) in [6.07, 6.45) is 3.74.